The highest BCUT2D eigenvalue weighted by atomic mass is 35.5. The number of carbonyl (C=O) groups excluding carboxylic acids is 1. The number of nitrogens with one attached hydrogen (secondary N) is 1. The Labute approximate surface area is 135 Å². The summed E-state index contributed by atoms with van der Waals surface area (Å²) in [5.41, 5.74) is 5.00. The third-order valence-electron chi connectivity index (χ3n) is 3.57. The summed E-state index contributed by atoms with van der Waals surface area (Å²) in [4.78, 5) is 11.6. The average molecular weight is 337 g/mol. The van der Waals surface area contributed by atoms with Crippen LogP contribution in [0.5, 0.6) is 0 Å². The molecule has 1 amide bonds. The second-order valence-electron chi connectivity index (χ2n) is 5.38. The predicted octanol–water partition coefficient (Wildman–Crippen LogP) is 1.89. The van der Waals surface area contributed by atoms with Crippen molar-refractivity contribution in [3.63, 3.8) is 0 Å². The number of hydrogen-bond donors (Lipinski definition) is 3. The van der Waals surface area contributed by atoms with Gasteiger partial charge < -0.3 is 16.2 Å². The fraction of sp³-hybridized carbons (Fsp3) is 0.533. The topological polar surface area (TPSA) is 75.3 Å². The van der Waals surface area contributed by atoms with E-state index in [1.54, 1.807) is 6.92 Å². The Kier molecular flexibility index (Phi) is 7.93. The maximum absolute atomic E-state index is 13.9. The lowest BCUT2D eigenvalue weighted by molar-refractivity contribution is -0.171. The maximum Gasteiger partial charge on any atom is 0.351 e. The van der Waals surface area contributed by atoms with Gasteiger partial charge in [-0.05, 0) is 25.3 Å². The van der Waals surface area contributed by atoms with Crippen LogP contribution in [0.25, 0.3) is 0 Å². The SMILES string of the molecule is CC[C@](C)(N)C(O)C(F)(F)C(=O)NCCc1ccccc1.Cl. The molecule has 0 fully saturated rings. The molecule has 22 heavy (non-hydrogen) atoms. The number of aliphatic hydroxyl groups excluding tert-OH is 1. The third kappa shape index (κ3) is 5.19. The van der Waals surface area contributed by atoms with Gasteiger partial charge in [-0.1, -0.05) is 37.3 Å². The number of nitrogens with two attached hydrogens (primary N) is 1. The molecule has 0 radical (unpaired) electrons. The Morgan fingerprint density at radius 2 is 1.91 bits per heavy atom. The van der Waals surface area contributed by atoms with E-state index < -0.39 is 23.5 Å². The van der Waals surface area contributed by atoms with Gasteiger partial charge in [-0.15, -0.1) is 12.4 Å². The summed E-state index contributed by atoms with van der Waals surface area (Å²) < 4.78 is 27.8. The Hall–Kier alpha value is -1.24. The van der Waals surface area contributed by atoms with Crippen LogP contribution in [-0.4, -0.2) is 35.1 Å². The van der Waals surface area contributed by atoms with Gasteiger partial charge in [0, 0.05) is 12.1 Å². The van der Waals surface area contributed by atoms with Crippen LogP contribution in [0.4, 0.5) is 8.78 Å². The first-order valence-electron chi connectivity index (χ1n) is 6.88. The molecule has 0 saturated carbocycles. The second kappa shape index (κ2) is 8.41. The van der Waals surface area contributed by atoms with Gasteiger partial charge in [-0.3, -0.25) is 4.79 Å². The zero-order valence-corrected chi connectivity index (χ0v) is 13.5. The zero-order valence-electron chi connectivity index (χ0n) is 12.7. The van der Waals surface area contributed by atoms with Crippen molar-refractivity contribution in [1.29, 1.82) is 0 Å². The number of amides is 1. The number of hydrogen-bond acceptors (Lipinski definition) is 3. The Bertz CT molecular complexity index is 470. The summed E-state index contributed by atoms with van der Waals surface area (Å²) in [5, 5.41) is 11.8. The lowest BCUT2D eigenvalue weighted by atomic mass is 9.88. The number of alkyl halides is 2. The quantitative estimate of drug-likeness (QED) is 0.711. The first-order valence-corrected chi connectivity index (χ1v) is 6.88. The van der Waals surface area contributed by atoms with E-state index in [0.29, 0.717) is 6.42 Å². The van der Waals surface area contributed by atoms with Gasteiger partial charge >= 0.3 is 5.92 Å². The van der Waals surface area contributed by atoms with Crippen LogP contribution in [0.2, 0.25) is 0 Å². The van der Waals surface area contributed by atoms with Crippen molar-refractivity contribution >= 4 is 18.3 Å². The minimum atomic E-state index is -3.92. The molecule has 126 valence electrons. The molecule has 0 aromatic heterocycles. The number of benzene rings is 1. The van der Waals surface area contributed by atoms with Crippen molar-refractivity contribution in [2.45, 2.75) is 44.3 Å². The first kappa shape index (κ1) is 20.8. The average Bonchev–Trinajstić information content (AvgIpc) is 2.47. The van der Waals surface area contributed by atoms with E-state index in [1.165, 1.54) is 6.92 Å². The summed E-state index contributed by atoms with van der Waals surface area (Å²) in [6.07, 6.45) is -1.67. The van der Waals surface area contributed by atoms with Crippen LogP contribution in [0.1, 0.15) is 25.8 Å². The van der Waals surface area contributed by atoms with Gasteiger partial charge in [-0.2, -0.15) is 8.78 Å². The normalized spacial score (nSPS) is 15.4. The summed E-state index contributed by atoms with van der Waals surface area (Å²) in [6, 6.07) is 9.19. The van der Waals surface area contributed by atoms with Crippen LogP contribution in [0, 0.1) is 0 Å². The lowest BCUT2D eigenvalue weighted by Gasteiger charge is -2.33. The molecule has 1 aromatic rings. The molecule has 1 rings (SSSR count). The van der Waals surface area contributed by atoms with E-state index in [1.807, 2.05) is 30.3 Å². The van der Waals surface area contributed by atoms with E-state index in [9.17, 15) is 18.7 Å². The molecule has 0 aliphatic rings. The maximum atomic E-state index is 13.9. The van der Waals surface area contributed by atoms with E-state index in [0.717, 1.165) is 5.56 Å². The number of rotatable bonds is 7. The van der Waals surface area contributed by atoms with Crippen molar-refractivity contribution in [3.8, 4) is 0 Å². The number of carbonyl (C=O) groups is 1. The van der Waals surface area contributed by atoms with E-state index in [-0.39, 0.29) is 25.4 Å². The van der Waals surface area contributed by atoms with Crippen molar-refractivity contribution < 1.29 is 18.7 Å². The van der Waals surface area contributed by atoms with E-state index >= 15 is 0 Å². The van der Waals surface area contributed by atoms with Crippen molar-refractivity contribution in [3.05, 3.63) is 35.9 Å². The molecule has 0 saturated heterocycles. The standard InChI is InChI=1S/C15H22F2N2O2.ClH/c1-3-14(2,18)12(20)15(16,17)13(21)19-10-9-11-7-5-4-6-8-11;/h4-8,12,20H,3,9-10,18H2,1-2H3,(H,19,21);1H/t12?,14-;/m0./s1. The zero-order chi connectivity index (χ0) is 16.1. The molecular weight excluding hydrogens is 314 g/mol. The molecule has 0 heterocycles. The number of aliphatic hydroxyl groups is 1. The van der Waals surface area contributed by atoms with Crippen LogP contribution in [-0.2, 0) is 11.2 Å². The fourth-order valence-corrected chi connectivity index (χ4v) is 1.81. The van der Waals surface area contributed by atoms with Crippen LogP contribution >= 0.6 is 12.4 Å². The molecule has 2 atom stereocenters. The molecule has 4 N–H and O–H groups in total. The molecule has 7 heteroatoms. The Morgan fingerprint density at radius 3 is 2.41 bits per heavy atom. The molecule has 4 nitrogen and oxygen atoms in total. The van der Waals surface area contributed by atoms with Crippen LogP contribution in [0.15, 0.2) is 30.3 Å². The van der Waals surface area contributed by atoms with Gasteiger partial charge in [0.1, 0.15) is 6.10 Å². The summed E-state index contributed by atoms with van der Waals surface area (Å²) in [7, 11) is 0. The molecular formula is C15H23ClF2N2O2. The van der Waals surface area contributed by atoms with Gasteiger partial charge in [0.15, 0.2) is 0 Å². The predicted molar refractivity (Wildman–Crippen MR) is 84.2 cm³/mol. The van der Waals surface area contributed by atoms with Gasteiger partial charge in [0.25, 0.3) is 5.91 Å². The minimum absolute atomic E-state index is 0. The monoisotopic (exact) mass is 336 g/mol. The minimum Gasteiger partial charge on any atom is -0.384 e. The summed E-state index contributed by atoms with van der Waals surface area (Å²) >= 11 is 0. The van der Waals surface area contributed by atoms with Crippen molar-refractivity contribution in [2.75, 3.05) is 6.54 Å². The summed E-state index contributed by atoms with van der Waals surface area (Å²) in [6.45, 7) is 2.94. The molecule has 0 spiro atoms. The highest BCUT2D eigenvalue weighted by Gasteiger charge is 2.52. The highest BCUT2D eigenvalue weighted by molar-refractivity contribution is 5.85. The van der Waals surface area contributed by atoms with E-state index in [2.05, 4.69) is 5.32 Å². The van der Waals surface area contributed by atoms with Crippen LogP contribution < -0.4 is 11.1 Å². The largest absolute Gasteiger partial charge is 0.384 e. The van der Waals surface area contributed by atoms with Gasteiger partial charge in [0.05, 0.1) is 0 Å². The first-order chi connectivity index (χ1) is 9.71. The molecule has 1 aromatic carbocycles. The van der Waals surface area contributed by atoms with E-state index in [4.69, 9.17) is 5.73 Å². The lowest BCUT2D eigenvalue weighted by Crippen LogP contribution is -2.61. The Balaban J connectivity index is 0.00000441. The second-order valence-corrected chi connectivity index (χ2v) is 5.38. The Morgan fingerprint density at radius 1 is 1.36 bits per heavy atom. The molecule has 0 aliphatic heterocycles. The fourth-order valence-electron chi connectivity index (χ4n) is 1.81. The molecule has 0 bridgehead atoms. The van der Waals surface area contributed by atoms with Crippen molar-refractivity contribution in [2.24, 2.45) is 5.73 Å². The molecule has 0 aliphatic carbocycles. The van der Waals surface area contributed by atoms with Crippen LogP contribution in [0.3, 0.4) is 0 Å². The number of halogens is 3. The third-order valence-corrected chi connectivity index (χ3v) is 3.57. The molecule has 1 unspecified atom stereocenters. The highest BCUT2D eigenvalue weighted by Crippen LogP contribution is 2.27. The smallest absolute Gasteiger partial charge is 0.351 e. The van der Waals surface area contributed by atoms with Crippen molar-refractivity contribution in [1.82, 2.24) is 5.32 Å². The van der Waals surface area contributed by atoms with Gasteiger partial charge in [0.2, 0.25) is 0 Å². The summed E-state index contributed by atoms with van der Waals surface area (Å²) in [5.74, 6) is -5.42. The van der Waals surface area contributed by atoms with Gasteiger partial charge in [-0.25, -0.2) is 0 Å².